The van der Waals surface area contributed by atoms with Gasteiger partial charge in [0.1, 0.15) is 0 Å². The van der Waals surface area contributed by atoms with Crippen molar-refractivity contribution in [3.63, 3.8) is 0 Å². The van der Waals surface area contributed by atoms with Crippen molar-refractivity contribution < 1.29 is 9.59 Å². The molecular weight excluding hydrogens is 302 g/mol. The number of carbonyl (C=O) groups excluding carboxylic acids is 2. The first kappa shape index (κ1) is 18.5. The molecule has 1 fully saturated rings. The second-order valence-electron chi connectivity index (χ2n) is 6.76. The number of nitrogens with one attached hydrogen (secondary N) is 1. The molecule has 1 N–H and O–H groups in total. The first-order valence-corrected chi connectivity index (χ1v) is 8.80. The molecular formula is C19H29N3O2. The highest BCUT2D eigenvalue weighted by atomic mass is 16.2. The molecule has 5 nitrogen and oxygen atoms in total. The number of hydrogen-bond acceptors (Lipinski definition) is 3. The maximum absolute atomic E-state index is 12.8. The van der Waals surface area contributed by atoms with Crippen LogP contribution in [0.1, 0.15) is 24.8 Å². The van der Waals surface area contributed by atoms with E-state index >= 15 is 0 Å². The monoisotopic (exact) mass is 331 g/mol. The first-order valence-electron chi connectivity index (χ1n) is 8.80. The van der Waals surface area contributed by atoms with E-state index < -0.39 is 0 Å². The van der Waals surface area contributed by atoms with Gasteiger partial charge in [-0.25, -0.2) is 0 Å². The maximum atomic E-state index is 12.8. The van der Waals surface area contributed by atoms with Gasteiger partial charge in [0.15, 0.2) is 0 Å². The van der Waals surface area contributed by atoms with Crippen molar-refractivity contribution in [2.45, 2.75) is 25.7 Å². The number of hydrogen-bond donors (Lipinski definition) is 1. The van der Waals surface area contributed by atoms with Gasteiger partial charge in [0.2, 0.25) is 11.8 Å². The van der Waals surface area contributed by atoms with E-state index in [4.69, 9.17) is 0 Å². The smallest absolute Gasteiger partial charge is 0.227 e. The summed E-state index contributed by atoms with van der Waals surface area (Å²) in [6.45, 7) is 2.85. The van der Waals surface area contributed by atoms with Gasteiger partial charge in [-0.2, -0.15) is 0 Å². The number of aryl methyl sites for hydroxylation is 1. The molecule has 0 saturated carbocycles. The van der Waals surface area contributed by atoms with E-state index in [1.807, 2.05) is 25.1 Å². The fraction of sp³-hybridized carbons (Fsp3) is 0.579. The van der Waals surface area contributed by atoms with Gasteiger partial charge >= 0.3 is 0 Å². The van der Waals surface area contributed by atoms with Crippen LogP contribution in [0.5, 0.6) is 0 Å². The van der Waals surface area contributed by atoms with Crippen LogP contribution < -0.4 is 5.32 Å². The molecule has 5 heteroatoms. The third kappa shape index (κ3) is 5.96. The van der Waals surface area contributed by atoms with Crippen LogP contribution in [0.3, 0.4) is 0 Å². The number of likely N-dealkylation sites (N-methyl/N-ethyl adjacent to an activating group) is 1. The van der Waals surface area contributed by atoms with Crippen LogP contribution >= 0.6 is 0 Å². The van der Waals surface area contributed by atoms with E-state index in [2.05, 4.69) is 34.5 Å². The number of carbonyl (C=O) groups is 2. The summed E-state index contributed by atoms with van der Waals surface area (Å²) in [5.41, 5.74) is 1.31. The van der Waals surface area contributed by atoms with E-state index in [9.17, 15) is 9.59 Å². The number of piperidine rings is 1. The second-order valence-corrected chi connectivity index (χ2v) is 6.76. The van der Waals surface area contributed by atoms with Crippen LogP contribution in [-0.2, 0) is 16.0 Å². The number of benzene rings is 1. The van der Waals surface area contributed by atoms with Gasteiger partial charge in [-0.1, -0.05) is 30.3 Å². The zero-order chi connectivity index (χ0) is 17.4. The molecule has 1 aliphatic heterocycles. The minimum atomic E-state index is -0.0680. The summed E-state index contributed by atoms with van der Waals surface area (Å²) in [7, 11) is 4.04. The lowest BCUT2D eigenvalue weighted by Crippen LogP contribution is -2.46. The Morgan fingerprint density at radius 3 is 2.54 bits per heavy atom. The van der Waals surface area contributed by atoms with Crippen LogP contribution in [-0.4, -0.2) is 61.9 Å². The summed E-state index contributed by atoms with van der Waals surface area (Å²) in [6, 6.07) is 10.4. The van der Waals surface area contributed by atoms with E-state index in [0.29, 0.717) is 19.4 Å². The Bertz CT molecular complexity index is 521. The topological polar surface area (TPSA) is 52.7 Å². The van der Waals surface area contributed by atoms with Crippen LogP contribution in [0.2, 0.25) is 0 Å². The Labute approximate surface area is 145 Å². The molecule has 2 rings (SSSR count). The van der Waals surface area contributed by atoms with Crippen molar-refractivity contribution >= 4 is 11.8 Å². The molecule has 1 heterocycles. The second kappa shape index (κ2) is 9.42. The van der Waals surface area contributed by atoms with Crippen molar-refractivity contribution in [1.29, 1.82) is 0 Å². The van der Waals surface area contributed by atoms with Gasteiger partial charge in [0.05, 0.1) is 5.92 Å². The molecule has 0 aromatic heterocycles. The zero-order valence-electron chi connectivity index (χ0n) is 14.8. The summed E-state index contributed by atoms with van der Waals surface area (Å²) in [6.07, 6.45) is 3.07. The van der Waals surface area contributed by atoms with Gasteiger partial charge in [-0.3, -0.25) is 9.59 Å². The van der Waals surface area contributed by atoms with E-state index in [1.54, 1.807) is 0 Å². The van der Waals surface area contributed by atoms with Gasteiger partial charge in [-0.15, -0.1) is 0 Å². The van der Waals surface area contributed by atoms with Crippen molar-refractivity contribution in [1.82, 2.24) is 15.1 Å². The molecule has 0 aliphatic carbocycles. The van der Waals surface area contributed by atoms with Crippen molar-refractivity contribution in [2.75, 3.05) is 40.3 Å². The van der Waals surface area contributed by atoms with Crippen molar-refractivity contribution in [3.05, 3.63) is 35.9 Å². The number of nitrogens with zero attached hydrogens (tertiary/aromatic N) is 2. The molecule has 0 spiro atoms. The average Bonchev–Trinajstić information content (AvgIpc) is 2.58. The van der Waals surface area contributed by atoms with Gasteiger partial charge in [-0.05, 0) is 38.9 Å². The predicted octanol–water partition coefficient (Wildman–Crippen LogP) is 1.54. The highest BCUT2D eigenvalue weighted by Gasteiger charge is 2.28. The maximum Gasteiger partial charge on any atom is 0.227 e. The quantitative estimate of drug-likeness (QED) is 0.786. The summed E-state index contributed by atoms with van der Waals surface area (Å²) in [5.74, 6) is 0.175. The minimum absolute atomic E-state index is 0.0583. The summed E-state index contributed by atoms with van der Waals surface area (Å²) < 4.78 is 0. The third-order valence-electron chi connectivity index (χ3n) is 4.48. The molecule has 24 heavy (non-hydrogen) atoms. The van der Waals surface area contributed by atoms with Gasteiger partial charge < -0.3 is 15.1 Å². The molecule has 1 aliphatic rings. The Balaban J connectivity index is 1.88. The average molecular weight is 331 g/mol. The largest absolute Gasteiger partial charge is 0.355 e. The number of amides is 2. The molecule has 1 aromatic rings. The molecule has 1 atom stereocenters. The molecule has 1 saturated heterocycles. The van der Waals surface area contributed by atoms with Crippen molar-refractivity contribution in [2.24, 2.45) is 5.92 Å². The third-order valence-corrected chi connectivity index (χ3v) is 4.48. The molecule has 132 valence electrons. The van der Waals surface area contributed by atoms with Crippen LogP contribution in [0.25, 0.3) is 0 Å². The molecule has 0 radical (unpaired) electrons. The van der Waals surface area contributed by atoms with Gasteiger partial charge in [0.25, 0.3) is 0 Å². The SMILES string of the molecule is CN(C)CCN(CCCc1ccccc1)C(=O)C1CCC(=O)NC1. The Morgan fingerprint density at radius 1 is 1.17 bits per heavy atom. The number of rotatable bonds is 8. The van der Waals surface area contributed by atoms with Crippen LogP contribution in [0, 0.1) is 5.92 Å². The van der Waals surface area contributed by atoms with E-state index in [0.717, 1.165) is 32.5 Å². The predicted molar refractivity (Wildman–Crippen MR) is 95.6 cm³/mol. The molecule has 2 amide bonds. The Morgan fingerprint density at radius 2 is 1.92 bits per heavy atom. The lowest BCUT2D eigenvalue weighted by Gasteiger charge is -2.30. The Kier molecular flexibility index (Phi) is 7.25. The standard InChI is InChI=1S/C19H29N3O2/c1-21(2)13-14-22(12-6-9-16-7-4-3-5-8-16)19(24)17-10-11-18(23)20-15-17/h3-5,7-8,17H,6,9-15H2,1-2H3,(H,20,23). The van der Waals surface area contributed by atoms with Crippen LogP contribution in [0.15, 0.2) is 30.3 Å². The summed E-state index contributed by atoms with van der Waals surface area (Å²) >= 11 is 0. The lowest BCUT2D eigenvalue weighted by molar-refractivity contribution is -0.137. The Hall–Kier alpha value is -1.88. The van der Waals surface area contributed by atoms with Crippen LogP contribution in [0.4, 0.5) is 0 Å². The van der Waals surface area contributed by atoms with Gasteiger partial charge in [0, 0.05) is 32.6 Å². The van der Waals surface area contributed by atoms with E-state index in [-0.39, 0.29) is 17.7 Å². The molecule has 1 aromatic carbocycles. The highest BCUT2D eigenvalue weighted by molar-refractivity contribution is 5.83. The summed E-state index contributed by atoms with van der Waals surface area (Å²) in [4.78, 5) is 28.2. The summed E-state index contributed by atoms with van der Waals surface area (Å²) in [5, 5.41) is 2.82. The van der Waals surface area contributed by atoms with E-state index in [1.165, 1.54) is 5.56 Å². The fourth-order valence-electron chi connectivity index (χ4n) is 2.97. The molecule has 0 bridgehead atoms. The lowest BCUT2D eigenvalue weighted by atomic mass is 9.97. The first-order chi connectivity index (χ1) is 11.6. The van der Waals surface area contributed by atoms with Crippen molar-refractivity contribution in [3.8, 4) is 0 Å². The molecule has 1 unspecified atom stereocenters. The zero-order valence-corrected chi connectivity index (χ0v) is 14.8. The minimum Gasteiger partial charge on any atom is -0.355 e. The normalized spacial score (nSPS) is 17.6. The fourth-order valence-corrected chi connectivity index (χ4v) is 2.97. The highest BCUT2D eigenvalue weighted by Crippen LogP contribution is 2.15.